The summed E-state index contributed by atoms with van der Waals surface area (Å²) >= 11 is 0. The topological polar surface area (TPSA) is 9.23 Å². The molecule has 0 bridgehead atoms. The molecule has 0 atom stereocenters. The smallest absolute Gasteiger partial charge is 0.122 e. The average molecular weight is 176 g/mol. The van der Waals surface area contributed by atoms with E-state index in [2.05, 4.69) is 25.3 Å². The summed E-state index contributed by atoms with van der Waals surface area (Å²) in [6.07, 6.45) is 5.63. The van der Waals surface area contributed by atoms with Gasteiger partial charge in [0.1, 0.15) is 5.75 Å². The van der Waals surface area contributed by atoms with Gasteiger partial charge in [0.05, 0.1) is 7.11 Å². The summed E-state index contributed by atoms with van der Waals surface area (Å²) in [5, 5.41) is 0. The SMILES string of the molecule is C#CC.CCc1ccccc1OC. The first-order valence-corrected chi connectivity index (χ1v) is 4.29. The van der Waals surface area contributed by atoms with E-state index in [9.17, 15) is 0 Å². The van der Waals surface area contributed by atoms with Crippen LogP contribution in [0.15, 0.2) is 24.3 Å². The highest BCUT2D eigenvalue weighted by Gasteiger charge is 1.95. The zero-order valence-electron chi connectivity index (χ0n) is 8.50. The molecule has 1 rings (SSSR count). The molecular weight excluding hydrogens is 160 g/mol. The number of hydrogen-bond acceptors (Lipinski definition) is 1. The second-order valence-corrected chi connectivity index (χ2v) is 2.45. The maximum Gasteiger partial charge on any atom is 0.122 e. The van der Waals surface area contributed by atoms with Crippen LogP contribution in [0, 0.1) is 12.3 Å². The van der Waals surface area contributed by atoms with Crippen LogP contribution in [0.25, 0.3) is 0 Å². The number of methoxy groups -OCH3 is 1. The number of rotatable bonds is 2. The molecule has 1 nitrogen and oxygen atoms in total. The molecule has 1 heteroatoms. The van der Waals surface area contributed by atoms with Gasteiger partial charge >= 0.3 is 0 Å². The molecular formula is C12H16O. The highest BCUT2D eigenvalue weighted by Crippen LogP contribution is 2.16. The number of hydrogen-bond donors (Lipinski definition) is 0. The van der Waals surface area contributed by atoms with Gasteiger partial charge in [-0.25, -0.2) is 0 Å². The summed E-state index contributed by atoms with van der Waals surface area (Å²) in [4.78, 5) is 0. The Balaban J connectivity index is 0.000000424. The number of para-hydroxylation sites is 1. The van der Waals surface area contributed by atoms with Crippen molar-refractivity contribution in [3.63, 3.8) is 0 Å². The minimum atomic E-state index is 0.991. The van der Waals surface area contributed by atoms with Crippen LogP contribution in [0.5, 0.6) is 5.75 Å². The third-order valence-corrected chi connectivity index (χ3v) is 1.57. The van der Waals surface area contributed by atoms with Gasteiger partial charge in [-0.05, 0) is 25.0 Å². The Hall–Kier alpha value is -1.42. The number of terminal acetylenes is 1. The molecule has 1 aromatic carbocycles. The fraction of sp³-hybridized carbons (Fsp3) is 0.333. The monoisotopic (exact) mass is 176 g/mol. The number of benzene rings is 1. The average Bonchev–Trinajstić information content (AvgIpc) is 2.19. The Morgan fingerprint density at radius 1 is 1.38 bits per heavy atom. The molecule has 0 amide bonds. The molecule has 0 heterocycles. The zero-order valence-corrected chi connectivity index (χ0v) is 8.50. The van der Waals surface area contributed by atoms with E-state index in [0.717, 1.165) is 12.2 Å². The summed E-state index contributed by atoms with van der Waals surface area (Å²) in [6.45, 7) is 3.78. The zero-order chi connectivity index (χ0) is 10.1. The lowest BCUT2D eigenvalue weighted by Crippen LogP contribution is -1.88. The first-order valence-electron chi connectivity index (χ1n) is 4.29. The lowest BCUT2D eigenvalue weighted by Gasteiger charge is -2.03. The predicted octanol–water partition coefficient (Wildman–Crippen LogP) is 2.90. The van der Waals surface area contributed by atoms with Crippen molar-refractivity contribution in [1.29, 1.82) is 0 Å². The van der Waals surface area contributed by atoms with Crippen molar-refractivity contribution in [2.24, 2.45) is 0 Å². The van der Waals surface area contributed by atoms with Crippen molar-refractivity contribution in [2.75, 3.05) is 7.11 Å². The van der Waals surface area contributed by atoms with Crippen LogP contribution in [0.3, 0.4) is 0 Å². The van der Waals surface area contributed by atoms with Crippen LogP contribution < -0.4 is 4.74 Å². The van der Waals surface area contributed by atoms with Gasteiger partial charge in [-0.2, -0.15) is 0 Å². The van der Waals surface area contributed by atoms with Crippen molar-refractivity contribution in [2.45, 2.75) is 20.3 Å². The highest BCUT2D eigenvalue weighted by molar-refractivity contribution is 5.32. The number of aryl methyl sites for hydroxylation is 1. The van der Waals surface area contributed by atoms with E-state index in [-0.39, 0.29) is 0 Å². The maximum atomic E-state index is 5.14. The molecule has 0 aliphatic carbocycles. The van der Waals surface area contributed by atoms with Crippen molar-refractivity contribution in [1.82, 2.24) is 0 Å². The molecule has 0 radical (unpaired) electrons. The summed E-state index contributed by atoms with van der Waals surface area (Å²) in [5.41, 5.74) is 1.27. The lowest BCUT2D eigenvalue weighted by molar-refractivity contribution is 0.410. The van der Waals surface area contributed by atoms with E-state index < -0.39 is 0 Å². The van der Waals surface area contributed by atoms with Crippen LogP contribution in [-0.2, 0) is 6.42 Å². The van der Waals surface area contributed by atoms with Crippen LogP contribution >= 0.6 is 0 Å². The lowest BCUT2D eigenvalue weighted by atomic mass is 10.1. The van der Waals surface area contributed by atoms with E-state index in [1.807, 2.05) is 18.2 Å². The fourth-order valence-corrected chi connectivity index (χ4v) is 0.995. The Kier molecular flexibility index (Phi) is 6.45. The molecule has 13 heavy (non-hydrogen) atoms. The molecule has 0 fully saturated rings. The van der Waals surface area contributed by atoms with Gasteiger partial charge in [0, 0.05) is 0 Å². The molecule has 0 N–H and O–H groups in total. The van der Waals surface area contributed by atoms with Gasteiger partial charge in [0.15, 0.2) is 0 Å². The summed E-state index contributed by atoms with van der Waals surface area (Å²) in [6, 6.07) is 8.08. The van der Waals surface area contributed by atoms with E-state index in [1.54, 1.807) is 14.0 Å². The standard InChI is InChI=1S/C9H12O.C3H4/c1-3-8-6-4-5-7-9(8)10-2;1-3-2/h4-7H,3H2,1-2H3;1H,2H3. The van der Waals surface area contributed by atoms with Crippen LogP contribution in [0.2, 0.25) is 0 Å². The van der Waals surface area contributed by atoms with Crippen LogP contribution in [-0.4, -0.2) is 7.11 Å². The Labute approximate surface area is 80.7 Å². The second-order valence-electron chi connectivity index (χ2n) is 2.45. The second kappa shape index (κ2) is 7.24. The van der Waals surface area contributed by atoms with Gasteiger partial charge in [0.2, 0.25) is 0 Å². The molecule has 70 valence electrons. The van der Waals surface area contributed by atoms with Crippen molar-refractivity contribution in [3.05, 3.63) is 29.8 Å². The molecule has 0 aliphatic heterocycles. The molecule has 0 unspecified atom stereocenters. The molecule has 0 aromatic heterocycles. The first kappa shape index (κ1) is 11.6. The normalized spacial score (nSPS) is 7.85. The van der Waals surface area contributed by atoms with Gasteiger partial charge < -0.3 is 4.74 Å². The molecule has 1 aromatic rings. The predicted molar refractivity (Wildman–Crippen MR) is 56.9 cm³/mol. The largest absolute Gasteiger partial charge is 0.496 e. The third kappa shape index (κ3) is 4.22. The van der Waals surface area contributed by atoms with Crippen LogP contribution in [0.1, 0.15) is 19.4 Å². The van der Waals surface area contributed by atoms with E-state index in [0.29, 0.717) is 0 Å². The van der Waals surface area contributed by atoms with Gasteiger partial charge in [-0.1, -0.05) is 25.1 Å². The quantitative estimate of drug-likeness (QED) is 0.629. The molecule has 0 aliphatic rings. The van der Waals surface area contributed by atoms with Crippen molar-refractivity contribution < 1.29 is 4.74 Å². The van der Waals surface area contributed by atoms with Gasteiger partial charge in [-0.3, -0.25) is 0 Å². The molecule has 0 saturated heterocycles. The van der Waals surface area contributed by atoms with E-state index >= 15 is 0 Å². The molecule has 0 saturated carbocycles. The van der Waals surface area contributed by atoms with Crippen molar-refractivity contribution >= 4 is 0 Å². The number of ether oxygens (including phenoxy) is 1. The Morgan fingerprint density at radius 3 is 2.31 bits per heavy atom. The van der Waals surface area contributed by atoms with Gasteiger partial charge in [-0.15, -0.1) is 12.3 Å². The van der Waals surface area contributed by atoms with Crippen molar-refractivity contribution in [3.8, 4) is 18.1 Å². The fourth-order valence-electron chi connectivity index (χ4n) is 0.995. The Bertz CT molecular complexity index is 248. The summed E-state index contributed by atoms with van der Waals surface area (Å²) in [7, 11) is 1.70. The highest BCUT2D eigenvalue weighted by atomic mass is 16.5. The van der Waals surface area contributed by atoms with E-state index in [4.69, 9.17) is 4.74 Å². The van der Waals surface area contributed by atoms with Gasteiger partial charge in [0.25, 0.3) is 0 Å². The minimum Gasteiger partial charge on any atom is -0.496 e. The third-order valence-electron chi connectivity index (χ3n) is 1.57. The van der Waals surface area contributed by atoms with E-state index in [1.165, 1.54) is 5.56 Å². The summed E-state index contributed by atoms with van der Waals surface area (Å²) < 4.78 is 5.14. The Morgan fingerprint density at radius 2 is 1.92 bits per heavy atom. The first-order chi connectivity index (χ1) is 6.29. The van der Waals surface area contributed by atoms with Crippen LogP contribution in [0.4, 0.5) is 0 Å². The minimum absolute atomic E-state index is 0.991. The molecule has 0 spiro atoms. The summed E-state index contributed by atoms with van der Waals surface area (Å²) in [5.74, 6) is 3.24. The maximum absolute atomic E-state index is 5.14.